The summed E-state index contributed by atoms with van der Waals surface area (Å²) >= 11 is 0. The van der Waals surface area contributed by atoms with E-state index in [9.17, 15) is 17.6 Å². The molecule has 94 valence electrons. The van der Waals surface area contributed by atoms with Crippen molar-refractivity contribution in [2.75, 3.05) is 12.5 Å². The van der Waals surface area contributed by atoms with E-state index in [1.165, 1.54) is 0 Å². The summed E-state index contributed by atoms with van der Waals surface area (Å²) in [6, 6.07) is 5.72. The molecule has 0 aromatic heterocycles. The third kappa shape index (κ3) is 4.03. The quantitative estimate of drug-likeness (QED) is 0.488. The van der Waals surface area contributed by atoms with Gasteiger partial charge in [0.1, 0.15) is 0 Å². The summed E-state index contributed by atoms with van der Waals surface area (Å²) in [7, 11) is 1.01. The number of rotatable bonds is 4. The summed E-state index contributed by atoms with van der Waals surface area (Å²) in [4.78, 5) is 0. The molecule has 0 heterocycles. The van der Waals surface area contributed by atoms with E-state index < -0.39 is 18.2 Å². The Morgan fingerprint density at radius 1 is 1.24 bits per heavy atom. The number of nitrogens with zero attached hydrogens (tertiary/aromatic N) is 1. The Balaban J connectivity index is 2.72. The van der Waals surface area contributed by atoms with Crippen LogP contribution in [0.5, 0.6) is 0 Å². The highest BCUT2D eigenvalue weighted by Gasteiger charge is 2.43. The molecular weight excluding hydrogens is 238 g/mol. The molecule has 0 aliphatic rings. The van der Waals surface area contributed by atoms with Gasteiger partial charge in [-0.25, -0.2) is 0 Å². The van der Waals surface area contributed by atoms with E-state index in [-0.39, 0.29) is 0 Å². The van der Waals surface area contributed by atoms with Gasteiger partial charge in [0.2, 0.25) is 5.97 Å². The second-order valence-corrected chi connectivity index (χ2v) is 3.18. The Labute approximate surface area is 95.5 Å². The summed E-state index contributed by atoms with van der Waals surface area (Å²) in [6.07, 6.45) is -4.72. The van der Waals surface area contributed by atoms with Crippen LogP contribution < -0.4 is 10.7 Å². The van der Waals surface area contributed by atoms with Crippen LogP contribution in [0.1, 0.15) is 0 Å². The molecule has 0 radical (unpaired) electrons. The summed E-state index contributed by atoms with van der Waals surface area (Å²) in [5, 5.41) is 4.86. The number of halogens is 4. The molecule has 1 rings (SSSR count). The van der Waals surface area contributed by atoms with Crippen molar-refractivity contribution in [3.05, 3.63) is 30.3 Å². The van der Waals surface area contributed by atoms with Gasteiger partial charge in [-0.3, -0.25) is 5.43 Å². The van der Waals surface area contributed by atoms with E-state index in [0.717, 1.165) is 7.05 Å². The zero-order chi connectivity index (χ0) is 12.9. The SMILES string of the molecule is CN[C@H](/C(F)=N\Nc1ccccc1)C(F)(F)F. The summed E-state index contributed by atoms with van der Waals surface area (Å²) in [5.41, 5.74) is 2.61. The molecule has 0 saturated heterocycles. The first-order chi connectivity index (χ1) is 7.95. The Morgan fingerprint density at radius 2 is 1.82 bits per heavy atom. The van der Waals surface area contributed by atoms with Gasteiger partial charge >= 0.3 is 6.18 Å². The van der Waals surface area contributed by atoms with E-state index in [0.29, 0.717) is 5.69 Å². The van der Waals surface area contributed by atoms with Crippen LogP contribution >= 0.6 is 0 Å². The molecule has 0 bridgehead atoms. The van der Waals surface area contributed by atoms with Gasteiger partial charge in [0, 0.05) is 0 Å². The van der Waals surface area contributed by atoms with Gasteiger partial charge < -0.3 is 5.32 Å². The predicted octanol–water partition coefficient (Wildman–Crippen LogP) is 2.53. The average molecular weight is 249 g/mol. The van der Waals surface area contributed by atoms with Gasteiger partial charge in [0.25, 0.3) is 0 Å². The molecule has 2 N–H and O–H groups in total. The van der Waals surface area contributed by atoms with E-state index in [4.69, 9.17) is 0 Å². The molecule has 3 nitrogen and oxygen atoms in total. The minimum absolute atomic E-state index is 0.402. The zero-order valence-corrected chi connectivity index (χ0v) is 8.92. The molecular formula is C10H11F4N3. The second kappa shape index (κ2) is 5.62. The fraction of sp³-hybridized carbons (Fsp3) is 0.300. The highest BCUT2D eigenvalue weighted by atomic mass is 19.4. The lowest BCUT2D eigenvalue weighted by atomic mass is 10.3. The van der Waals surface area contributed by atoms with Crippen molar-refractivity contribution in [2.24, 2.45) is 5.10 Å². The van der Waals surface area contributed by atoms with Crippen molar-refractivity contribution >= 4 is 11.7 Å². The average Bonchev–Trinajstić information content (AvgIpc) is 2.27. The molecule has 1 aromatic rings. The lowest BCUT2D eigenvalue weighted by Gasteiger charge is -2.16. The van der Waals surface area contributed by atoms with Crippen molar-refractivity contribution in [3.63, 3.8) is 0 Å². The van der Waals surface area contributed by atoms with Crippen LogP contribution in [0.4, 0.5) is 23.2 Å². The molecule has 0 spiro atoms. The van der Waals surface area contributed by atoms with E-state index in [2.05, 4.69) is 10.5 Å². The van der Waals surface area contributed by atoms with Crippen molar-refractivity contribution < 1.29 is 17.6 Å². The largest absolute Gasteiger partial charge is 0.411 e. The topological polar surface area (TPSA) is 36.4 Å². The number of benzene rings is 1. The Hall–Kier alpha value is -1.63. The second-order valence-electron chi connectivity index (χ2n) is 3.18. The van der Waals surface area contributed by atoms with Crippen molar-refractivity contribution in [1.82, 2.24) is 5.32 Å². The first-order valence-electron chi connectivity index (χ1n) is 4.73. The van der Waals surface area contributed by atoms with Crippen LogP contribution in [-0.2, 0) is 0 Å². The Kier molecular flexibility index (Phi) is 4.45. The predicted molar refractivity (Wildman–Crippen MR) is 57.5 cm³/mol. The van der Waals surface area contributed by atoms with Crippen LogP contribution in [0.3, 0.4) is 0 Å². The highest BCUT2D eigenvalue weighted by Crippen LogP contribution is 2.21. The summed E-state index contributed by atoms with van der Waals surface area (Å²) < 4.78 is 50.0. The highest BCUT2D eigenvalue weighted by molar-refractivity contribution is 5.82. The molecule has 1 aromatic carbocycles. The number of para-hydroxylation sites is 1. The third-order valence-electron chi connectivity index (χ3n) is 1.92. The maximum Gasteiger partial charge on any atom is 0.411 e. The monoisotopic (exact) mass is 249 g/mol. The number of hydrogen-bond acceptors (Lipinski definition) is 3. The molecule has 0 unspecified atom stereocenters. The fourth-order valence-electron chi connectivity index (χ4n) is 1.11. The van der Waals surface area contributed by atoms with E-state index >= 15 is 0 Å². The first kappa shape index (κ1) is 13.4. The van der Waals surface area contributed by atoms with Gasteiger partial charge in [0.15, 0.2) is 6.04 Å². The van der Waals surface area contributed by atoms with Crippen molar-refractivity contribution in [3.8, 4) is 0 Å². The molecule has 0 aliphatic carbocycles. The maximum atomic E-state index is 13.2. The fourth-order valence-corrected chi connectivity index (χ4v) is 1.11. The van der Waals surface area contributed by atoms with E-state index in [1.54, 1.807) is 30.3 Å². The normalized spacial score (nSPS) is 14.5. The van der Waals surface area contributed by atoms with Crippen LogP contribution in [0, 0.1) is 0 Å². The number of hydrazone groups is 1. The van der Waals surface area contributed by atoms with Crippen molar-refractivity contribution in [1.29, 1.82) is 0 Å². The number of hydrogen-bond donors (Lipinski definition) is 2. The molecule has 17 heavy (non-hydrogen) atoms. The molecule has 7 heteroatoms. The lowest BCUT2D eigenvalue weighted by Crippen LogP contribution is -2.45. The molecule has 0 fully saturated rings. The molecule has 1 atom stereocenters. The van der Waals surface area contributed by atoms with Gasteiger partial charge in [-0.15, -0.1) is 5.10 Å². The number of anilines is 1. The van der Waals surface area contributed by atoms with Crippen molar-refractivity contribution in [2.45, 2.75) is 12.2 Å². The smallest absolute Gasteiger partial charge is 0.302 e. The van der Waals surface area contributed by atoms with Crippen LogP contribution in [-0.4, -0.2) is 25.2 Å². The number of nitrogens with one attached hydrogen (secondary N) is 2. The van der Waals surface area contributed by atoms with Gasteiger partial charge in [-0.2, -0.15) is 17.6 Å². The summed E-state index contributed by atoms with van der Waals surface area (Å²) in [5.74, 6) is -1.57. The number of alkyl halides is 3. The van der Waals surface area contributed by atoms with E-state index in [1.807, 2.05) is 5.32 Å². The lowest BCUT2D eigenvalue weighted by molar-refractivity contribution is -0.140. The first-order valence-corrected chi connectivity index (χ1v) is 4.73. The van der Waals surface area contributed by atoms with Gasteiger partial charge in [-0.1, -0.05) is 18.2 Å². The molecule has 0 amide bonds. The Bertz CT molecular complexity index is 375. The van der Waals surface area contributed by atoms with Crippen LogP contribution in [0.25, 0.3) is 0 Å². The van der Waals surface area contributed by atoms with Crippen LogP contribution in [0.15, 0.2) is 35.4 Å². The Morgan fingerprint density at radius 3 is 2.29 bits per heavy atom. The standard InChI is InChI=1S/C10H11F4N3/c1-15-8(10(12,13)14)9(11)17-16-7-5-3-2-4-6-7/h2-6,8,15-16H,1H3/b17-9+/t8-/m1/s1. The molecule has 0 saturated carbocycles. The minimum Gasteiger partial charge on any atom is -0.302 e. The zero-order valence-electron chi connectivity index (χ0n) is 8.92. The third-order valence-corrected chi connectivity index (χ3v) is 1.92. The van der Waals surface area contributed by atoms with Gasteiger partial charge in [0.05, 0.1) is 5.69 Å². The maximum absolute atomic E-state index is 13.2. The van der Waals surface area contributed by atoms with Gasteiger partial charge in [-0.05, 0) is 19.2 Å². The van der Waals surface area contributed by atoms with Crippen LogP contribution in [0.2, 0.25) is 0 Å². The summed E-state index contributed by atoms with van der Waals surface area (Å²) in [6.45, 7) is 0. The minimum atomic E-state index is -4.72. The molecule has 0 aliphatic heterocycles.